The molecule has 0 aliphatic heterocycles. The van der Waals surface area contributed by atoms with Crippen LogP contribution >= 0.6 is 0 Å². The van der Waals surface area contributed by atoms with E-state index in [1.807, 2.05) is 18.2 Å². The van der Waals surface area contributed by atoms with Crippen molar-refractivity contribution in [1.29, 1.82) is 0 Å². The largest absolute Gasteiger partial charge is 0.486 e. The fourth-order valence-corrected chi connectivity index (χ4v) is 6.83. The normalized spacial score (nSPS) is 16.0. The Kier molecular flexibility index (Phi) is 7.99. The van der Waals surface area contributed by atoms with Gasteiger partial charge in [-0.05, 0) is 67.0 Å². The van der Waals surface area contributed by atoms with E-state index >= 15 is 8.78 Å². The van der Waals surface area contributed by atoms with Crippen LogP contribution in [-0.4, -0.2) is 23.0 Å². The van der Waals surface area contributed by atoms with Crippen LogP contribution in [0.1, 0.15) is 69.4 Å². The minimum Gasteiger partial charge on any atom is -0.486 e. The molecule has 0 N–H and O–H groups in total. The predicted molar refractivity (Wildman–Crippen MR) is 212 cm³/mol. The van der Waals surface area contributed by atoms with Crippen molar-refractivity contribution in [2.45, 2.75) is 73.3 Å². The van der Waals surface area contributed by atoms with E-state index in [1.165, 1.54) is 24.4 Å². The average molecular weight is 913 g/mol. The number of rotatable bonds is 6. The third-order valence-electron chi connectivity index (χ3n) is 8.31. The molecule has 0 saturated carbocycles. The second-order valence-corrected chi connectivity index (χ2v) is 19.6. The molecule has 4 nitrogen and oxygen atoms in total. The maximum Gasteiger partial charge on any atom is 0.298 e. The number of alkyl halides is 2. The maximum atomic E-state index is 16.1. The van der Waals surface area contributed by atoms with Crippen molar-refractivity contribution in [1.82, 2.24) is 15.0 Å². The Balaban J connectivity index is 0.000000274. The van der Waals surface area contributed by atoms with Crippen molar-refractivity contribution in [2.24, 2.45) is 5.41 Å². The second kappa shape index (κ2) is 15.5. The molecule has 3 aromatic carbocycles. The molecule has 1 radical (unpaired) electrons. The Labute approximate surface area is 342 Å². The van der Waals surface area contributed by atoms with Crippen LogP contribution in [0.25, 0.3) is 44.6 Å². The van der Waals surface area contributed by atoms with Gasteiger partial charge in [0.05, 0.1) is 13.7 Å². The van der Waals surface area contributed by atoms with Gasteiger partial charge in [0.25, 0.3) is 5.92 Å². The van der Waals surface area contributed by atoms with Gasteiger partial charge in [0.2, 0.25) is 5.71 Å². The van der Waals surface area contributed by atoms with Crippen molar-refractivity contribution in [3.8, 4) is 22.5 Å². The third kappa shape index (κ3) is 8.89. The molecule has 4 heterocycles. The van der Waals surface area contributed by atoms with Gasteiger partial charge < -0.3 is 14.4 Å². The summed E-state index contributed by atoms with van der Waals surface area (Å²) >= 11 is 0. The molecule has 0 spiro atoms. The molecule has 53 heavy (non-hydrogen) atoms. The van der Waals surface area contributed by atoms with E-state index in [2.05, 4.69) is 46.7 Å². The number of pyridine rings is 3. The van der Waals surface area contributed by atoms with Crippen LogP contribution in [0.2, 0.25) is 19.6 Å². The Morgan fingerprint density at radius 2 is 1.55 bits per heavy atom. The van der Waals surface area contributed by atoms with E-state index in [4.69, 9.17) is 19.5 Å². The molecule has 7 rings (SSSR count). The summed E-state index contributed by atoms with van der Waals surface area (Å²) in [4.78, 5) is 12.6. The van der Waals surface area contributed by atoms with E-state index in [-0.39, 0.29) is 65.0 Å². The molecule has 0 amide bonds. The van der Waals surface area contributed by atoms with Gasteiger partial charge in [-0.2, -0.15) is 8.78 Å². The SMILES string of the molecule is [2H]C([2H])([2H])c1ccc2c(n1)oc1c(-c3cc(C(F)(F)c4ccc([Si](C)(C)C)cc4)c(C([2H])([2H])[2H])cn3)[c-]ccc12.[2H]C([2H])([2H])c1cnc(-c2[c-]cccc2)cc1C([2H])([2H])C(C)(C)C.[Ir]. The van der Waals surface area contributed by atoms with Crippen molar-refractivity contribution in [3.63, 3.8) is 0 Å². The smallest absolute Gasteiger partial charge is 0.298 e. The summed E-state index contributed by atoms with van der Waals surface area (Å²) in [6.45, 7) is 3.89. The van der Waals surface area contributed by atoms with Gasteiger partial charge in [0, 0.05) is 69.8 Å². The molecule has 0 unspecified atom stereocenters. The number of fused-ring (bicyclic) bond motifs is 3. The molecule has 0 aliphatic rings. The molecule has 0 aliphatic carbocycles. The molecule has 0 atom stereocenters. The van der Waals surface area contributed by atoms with Gasteiger partial charge >= 0.3 is 0 Å². The fraction of sp³-hybridized carbons (Fsp3) is 0.267. The quantitative estimate of drug-likeness (QED) is 0.123. The van der Waals surface area contributed by atoms with Crippen molar-refractivity contribution >= 4 is 35.3 Å². The summed E-state index contributed by atoms with van der Waals surface area (Å²) in [5.74, 6) is -3.64. The Bertz CT molecular complexity index is 2780. The molecule has 0 fully saturated rings. The van der Waals surface area contributed by atoms with Gasteiger partial charge in [-0.1, -0.05) is 98.5 Å². The molecule has 0 saturated heterocycles. The number of benzene rings is 3. The van der Waals surface area contributed by atoms with Crippen LogP contribution in [-0.2, 0) is 32.4 Å². The van der Waals surface area contributed by atoms with E-state index in [1.54, 1.807) is 63.2 Å². The summed E-state index contributed by atoms with van der Waals surface area (Å²) in [6, 6.07) is 28.1. The number of furan rings is 1. The summed E-state index contributed by atoms with van der Waals surface area (Å²) in [7, 11) is -1.74. The molecule has 8 heteroatoms. The Morgan fingerprint density at radius 3 is 2.21 bits per heavy atom. The number of nitrogens with zero attached hydrogens (tertiary/aromatic N) is 3. The van der Waals surface area contributed by atoms with Crippen LogP contribution in [0.5, 0.6) is 0 Å². The third-order valence-corrected chi connectivity index (χ3v) is 10.4. The van der Waals surface area contributed by atoms with E-state index < -0.39 is 57.5 Å². The second-order valence-electron chi connectivity index (χ2n) is 14.5. The van der Waals surface area contributed by atoms with Gasteiger partial charge in [0.1, 0.15) is 0 Å². The first kappa shape index (κ1) is 27.3. The summed E-state index contributed by atoms with van der Waals surface area (Å²) in [6.07, 6.45) is 0.396. The molecule has 0 bridgehead atoms. The van der Waals surface area contributed by atoms with Crippen molar-refractivity contribution in [3.05, 3.63) is 143 Å². The Morgan fingerprint density at radius 1 is 0.811 bits per heavy atom. The standard InChI is InChI=1S/C28H25F2N2OSi.C17H20N.Ir/c1-17-16-31-25(15-24(17)28(29,30)19-10-12-20(13-11-19)34(3,4)5)23-8-6-7-21-22-14-9-18(2)32-27(22)33-26(21)23;1-13-12-18-16(14-8-6-5-7-9-14)10-15(13)11-17(2,3)4;/h6-7,9-16H,1-5H3;5-8,10,12H,11H2,1-4H3;/q2*-1;/i1D3,2D3;1D3,11D2;. The van der Waals surface area contributed by atoms with Crippen molar-refractivity contribution in [2.75, 3.05) is 0 Å². The van der Waals surface area contributed by atoms with E-state index in [0.717, 1.165) is 17.4 Å². The van der Waals surface area contributed by atoms with Crippen LogP contribution in [0, 0.1) is 38.1 Å². The topological polar surface area (TPSA) is 51.8 Å². The van der Waals surface area contributed by atoms with Crippen LogP contribution in [0.15, 0.2) is 102 Å². The fourth-order valence-electron chi connectivity index (χ4n) is 5.66. The molecular formula is C45H45F2IrN3OSi-2. The minimum absolute atomic E-state index is 0. The summed E-state index contributed by atoms with van der Waals surface area (Å²) in [5.41, 5.74) is -0.619. The zero-order chi connectivity index (χ0) is 46.7. The van der Waals surface area contributed by atoms with Crippen molar-refractivity contribution < 1.29 is 48.4 Å². The number of halogens is 2. The van der Waals surface area contributed by atoms with Gasteiger partial charge in [0.15, 0.2) is 0 Å². The Hall–Kier alpha value is -4.36. The predicted octanol–water partition coefficient (Wildman–Crippen LogP) is 11.6. The number of aryl methyl sites for hydroxylation is 3. The molecule has 7 aromatic rings. The first-order valence-corrected chi connectivity index (χ1v) is 20.1. The number of hydrogen-bond acceptors (Lipinski definition) is 4. The van der Waals surface area contributed by atoms with Crippen LogP contribution < -0.4 is 5.19 Å². The summed E-state index contributed by atoms with van der Waals surface area (Å²) < 4.78 is 125. The zero-order valence-corrected chi connectivity index (χ0v) is 33.5. The molecular weight excluding hydrogens is 857 g/mol. The zero-order valence-electron chi connectivity index (χ0n) is 41.1. The van der Waals surface area contributed by atoms with Crippen LogP contribution in [0.3, 0.4) is 0 Å². The van der Waals surface area contributed by atoms with Crippen LogP contribution in [0.4, 0.5) is 8.78 Å². The first-order chi connectivity index (χ1) is 28.9. The molecule has 275 valence electrons. The number of aromatic nitrogens is 3. The van der Waals surface area contributed by atoms with Gasteiger partial charge in [-0.3, -0.25) is 0 Å². The van der Waals surface area contributed by atoms with Gasteiger partial charge in [-0.15, -0.1) is 54.1 Å². The number of hydrogen-bond donors (Lipinski definition) is 0. The summed E-state index contributed by atoms with van der Waals surface area (Å²) in [5, 5.41) is 2.09. The first-order valence-electron chi connectivity index (χ1n) is 22.1. The van der Waals surface area contributed by atoms with E-state index in [0.29, 0.717) is 22.0 Å². The minimum atomic E-state index is -3.64. The maximum absolute atomic E-state index is 16.1. The average Bonchev–Trinajstić information content (AvgIpc) is 3.58. The van der Waals surface area contributed by atoms with E-state index in [9.17, 15) is 0 Å². The monoisotopic (exact) mass is 913 g/mol. The van der Waals surface area contributed by atoms with Gasteiger partial charge in [-0.25, -0.2) is 4.98 Å². The molecule has 4 aromatic heterocycles.